The minimum atomic E-state index is -0.473. The van der Waals surface area contributed by atoms with Crippen LogP contribution in [0.5, 0.6) is 11.5 Å². The van der Waals surface area contributed by atoms with E-state index in [2.05, 4.69) is 13.2 Å². The number of rotatable bonds is 10. The highest BCUT2D eigenvalue weighted by Gasteiger charge is 2.28. The third-order valence-electron chi connectivity index (χ3n) is 6.16. The van der Waals surface area contributed by atoms with Crippen molar-refractivity contribution in [1.82, 2.24) is 0 Å². The van der Waals surface area contributed by atoms with Crippen LogP contribution >= 0.6 is 0 Å². The van der Waals surface area contributed by atoms with Gasteiger partial charge in [0.25, 0.3) is 0 Å². The zero-order chi connectivity index (χ0) is 27.2. The van der Waals surface area contributed by atoms with Gasteiger partial charge in [-0.1, -0.05) is 32.2 Å². The lowest BCUT2D eigenvalue weighted by Crippen LogP contribution is -2.10. The van der Waals surface area contributed by atoms with Crippen molar-refractivity contribution in [1.29, 1.82) is 0 Å². The molecule has 1 aliphatic rings. The molecule has 0 bridgehead atoms. The van der Waals surface area contributed by atoms with Gasteiger partial charge in [0.2, 0.25) is 0 Å². The Hall–Kier alpha value is -4.65. The number of fused-ring (bicyclic) bond motifs is 3. The van der Waals surface area contributed by atoms with Crippen LogP contribution in [0.15, 0.2) is 85.7 Å². The summed E-state index contributed by atoms with van der Waals surface area (Å²) >= 11 is 0. The van der Waals surface area contributed by atoms with Crippen molar-refractivity contribution in [2.45, 2.75) is 26.2 Å². The second-order valence-electron chi connectivity index (χ2n) is 8.88. The van der Waals surface area contributed by atoms with Gasteiger partial charge in [-0.25, -0.2) is 14.4 Å². The molecule has 0 saturated carbocycles. The summed E-state index contributed by atoms with van der Waals surface area (Å²) in [5.41, 5.74) is 5.25. The lowest BCUT2D eigenvalue weighted by Gasteiger charge is -2.10. The second-order valence-corrected chi connectivity index (χ2v) is 8.88. The Morgan fingerprint density at radius 3 is 2.00 bits per heavy atom. The Morgan fingerprint density at radius 2 is 1.42 bits per heavy atom. The van der Waals surface area contributed by atoms with E-state index in [0.717, 1.165) is 28.5 Å². The molecule has 0 aliphatic heterocycles. The Balaban J connectivity index is 1.36. The predicted molar refractivity (Wildman–Crippen MR) is 142 cm³/mol. The van der Waals surface area contributed by atoms with Crippen molar-refractivity contribution in [3.63, 3.8) is 0 Å². The molecule has 7 heteroatoms. The van der Waals surface area contributed by atoms with Gasteiger partial charge in [-0.15, -0.1) is 0 Å². The summed E-state index contributed by atoms with van der Waals surface area (Å²) in [6, 6.07) is 17.6. The smallest absolute Gasteiger partial charge is 0.343 e. The number of hydrogen-bond donors (Lipinski definition) is 0. The summed E-state index contributed by atoms with van der Waals surface area (Å²) in [6.45, 7) is 11.2. The molecule has 7 nitrogen and oxygen atoms in total. The zero-order valence-corrected chi connectivity index (χ0v) is 21.3. The van der Waals surface area contributed by atoms with E-state index in [0.29, 0.717) is 41.2 Å². The second kappa shape index (κ2) is 11.6. The number of esters is 3. The van der Waals surface area contributed by atoms with Crippen molar-refractivity contribution < 1.29 is 33.3 Å². The summed E-state index contributed by atoms with van der Waals surface area (Å²) in [6.07, 6.45) is 1.65. The number of carbonyl (C=O) groups excluding carboxylic acids is 3. The monoisotopic (exact) mass is 512 g/mol. The topological polar surface area (TPSA) is 88.1 Å². The van der Waals surface area contributed by atoms with E-state index in [4.69, 9.17) is 18.9 Å². The van der Waals surface area contributed by atoms with Gasteiger partial charge >= 0.3 is 17.9 Å². The molecule has 0 radical (unpaired) electrons. The van der Waals surface area contributed by atoms with Gasteiger partial charge in [-0.3, -0.25) is 0 Å². The van der Waals surface area contributed by atoms with E-state index in [-0.39, 0.29) is 12.5 Å². The van der Waals surface area contributed by atoms with Crippen molar-refractivity contribution >= 4 is 17.9 Å². The largest absolute Gasteiger partial charge is 0.493 e. The van der Waals surface area contributed by atoms with Crippen LogP contribution in [0.3, 0.4) is 0 Å². The molecule has 3 aromatic rings. The van der Waals surface area contributed by atoms with Gasteiger partial charge < -0.3 is 18.9 Å². The van der Waals surface area contributed by atoms with Gasteiger partial charge in [0, 0.05) is 17.9 Å². The fourth-order valence-electron chi connectivity index (χ4n) is 4.20. The van der Waals surface area contributed by atoms with Crippen LogP contribution in [0.25, 0.3) is 11.1 Å². The summed E-state index contributed by atoms with van der Waals surface area (Å²) in [5.74, 6) is -0.366. The van der Waals surface area contributed by atoms with Crippen LogP contribution in [-0.2, 0) is 14.3 Å². The first-order valence-electron chi connectivity index (χ1n) is 12.2. The van der Waals surface area contributed by atoms with Crippen LogP contribution in [0.1, 0.15) is 58.0 Å². The molecule has 0 heterocycles. The maximum atomic E-state index is 12.9. The highest BCUT2D eigenvalue weighted by molar-refractivity contribution is 5.95. The van der Waals surface area contributed by atoms with E-state index in [9.17, 15) is 14.4 Å². The number of carbonyl (C=O) groups is 3. The van der Waals surface area contributed by atoms with Crippen LogP contribution in [0.4, 0.5) is 0 Å². The third kappa shape index (κ3) is 5.83. The molecule has 1 atom stereocenters. The van der Waals surface area contributed by atoms with Gasteiger partial charge in [0.05, 0.1) is 30.6 Å². The summed E-state index contributed by atoms with van der Waals surface area (Å²) in [5, 5.41) is 0. The van der Waals surface area contributed by atoms with Crippen molar-refractivity contribution in [2.75, 3.05) is 13.2 Å². The fraction of sp³-hybridized carbons (Fsp3) is 0.194. The predicted octanol–water partition coefficient (Wildman–Crippen LogP) is 6.23. The van der Waals surface area contributed by atoms with Gasteiger partial charge in [0.1, 0.15) is 11.5 Å². The van der Waals surface area contributed by atoms with Crippen LogP contribution < -0.4 is 9.47 Å². The maximum Gasteiger partial charge on any atom is 0.343 e. The molecule has 4 rings (SSSR count). The summed E-state index contributed by atoms with van der Waals surface area (Å²) in [4.78, 5) is 36.3. The van der Waals surface area contributed by atoms with Gasteiger partial charge in [0.15, 0.2) is 0 Å². The normalized spacial score (nSPS) is 13.1. The molecule has 1 unspecified atom stereocenters. The van der Waals surface area contributed by atoms with Crippen LogP contribution in [-0.4, -0.2) is 31.1 Å². The number of hydrogen-bond acceptors (Lipinski definition) is 7. The average Bonchev–Trinajstić information content (AvgIpc) is 3.20. The number of benzene rings is 3. The van der Waals surface area contributed by atoms with Gasteiger partial charge in [-0.05, 0) is 77.7 Å². The van der Waals surface area contributed by atoms with Crippen LogP contribution in [0.2, 0.25) is 0 Å². The minimum Gasteiger partial charge on any atom is -0.493 e. The maximum absolute atomic E-state index is 12.9. The molecule has 0 spiro atoms. The minimum absolute atomic E-state index is 0.00928. The van der Waals surface area contributed by atoms with E-state index in [1.165, 1.54) is 0 Å². The molecule has 38 heavy (non-hydrogen) atoms. The third-order valence-corrected chi connectivity index (χ3v) is 6.16. The Kier molecular flexibility index (Phi) is 8.06. The lowest BCUT2D eigenvalue weighted by molar-refractivity contribution is -0.139. The first-order valence-corrected chi connectivity index (χ1v) is 12.2. The van der Waals surface area contributed by atoms with E-state index in [1.807, 2.05) is 31.2 Å². The van der Waals surface area contributed by atoms with Crippen molar-refractivity contribution in [3.8, 4) is 22.6 Å². The quantitative estimate of drug-likeness (QED) is 0.105. The Morgan fingerprint density at radius 1 is 0.842 bits per heavy atom. The van der Waals surface area contributed by atoms with E-state index >= 15 is 0 Å². The molecule has 0 amide bonds. The average molecular weight is 513 g/mol. The van der Waals surface area contributed by atoms with Crippen molar-refractivity contribution in [2.24, 2.45) is 0 Å². The van der Waals surface area contributed by atoms with Crippen LogP contribution in [0, 0.1) is 0 Å². The lowest BCUT2D eigenvalue weighted by atomic mass is 9.97. The molecule has 194 valence electrons. The summed E-state index contributed by atoms with van der Waals surface area (Å²) in [7, 11) is 0. The van der Waals surface area contributed by atoms with Gasteiger partial charge in [-0.2, -0.15) is 0 Å². The molecular weight excluding hydrogens is 484 g/mol. The first kappa shape index (κ1) is 26.4. The SMILES string of the molecule is C=COC(=O)c1ccc2c(c1)C(C)c1cc(C(=O)Oc3ccc(OCCCOC(=O)C(=C)C)cc3)ccc1-2. The Labute approximate surface area is 221 Å². The molecule has 3 aromatic carbocycles. The van der Waals surface area contributed by atoms with Crippen molar-refractivity contribution in [3.05, 3.63) is 108 Å². The first-order chi connectivity index (χ1) is 18.3. The fourth-order valence-corrected chi connectivity index (χ4v) is 4.20. The molecular formula is C31H28O7. The highest BCUT2D eigenvalue weighted by Crippen LogP contribution is 2.45. The van der Waals surface area contributed by atoms with E-state index < -0.39 is 17.9 Å². The molecule has 1 aliphatic carbocycles. The molecule has 0 aromatic heterocycles. The van der Waals surface area contributed by atoms with E-state index in [1.54, 1.807) is 43.3 Å². The zero-order valence-electron chi connectivity index (χ0n) is 21.3. The standard InChI is InChI=1S/C31H28O7/c1-5-35-30(33)21-7-13-25-26-14-8-22(18-28(26)20(4)27(25)17-21)31(34)38-24-11-9-23(10-12-24)36-15-6-16-37-29(32)19(2)3/h5,7-14,17-18,20H,1-2,6,15-16H2,3-4H3. The molecule has 0 saturated heterocycles. The summed E-state index contributed by atoms with van der Waals surface area (Å²) < 4.78 is 21.1. The molecule has 0 N–H and O–H groups in total. The highest BCUT2D eigenvalue weighted by atomic mass is 16.5. The molecule has 0 fully saturated rings. The Bertz CT molecular complexity index is 1400. The number of ether oxygens (including phenoxy) is 4.